The van der Waals surface area contributed by atoms with Crippen LogP contribution in [0.1, 0.15) is 17.5 Å². The van der Waals surface area contributed by atoms with E-state index in [9.17, 15) is 9.59 Å². The number of furan rings is 1. The zero-order chi connectivity index (χ0) is 19.7. The van der Waals surface area contributed by atoms with E-state index in [1.165, 1.54) is 4.90 Å². The van der Waals surface area contributed by atoms with Crippen LogP contribution in [-0.2, 0) is 11.3 Å². The molecule has 1 saturated heterocycles. The zero-order valence-electron chi connectivity index (χ0n) is 16.0. The number of fused-ring (bicyclic) bond motifs is 1. The van der Waals surface area contributed by atoms with Crippen LogP contribution < -0.4 is 5.32 Å². The van der Waals surface area contributed by atoms with Gasteiger partial charge in [0.25, 0.3) is 0 Å². The maximum Gasteiger partial charge on any atom is 0.322 e. The number of amides is 3. The average Bonchev–Trinajstić information content (AvgIpc) is 3.25. The van der Waals surface area contributed by atoms with Crippen LogP contribution in [0.4, 0.5) is 10.5 Å². The van der Waals surface area contributed by atoms with E-state index >= 15 is 0 Å². The molecule has 0 radical (unpaired) electrons. The van der Waals surface area contributed by atoms with Crippen molar-refractivity contribution in [1.82, 2.24) is 9.80 Å². The summed E-state index contributed by atoms with van der Waals surface area (Å²) in [6.45, 7) is 3.18. The monoisotopic (exact) mass is 377 g/mol. The summed E-state index contributed by atoms with van der Waals surface area (Å²) in [5.41, 5.74) is 3.57. The van der Waals surface area contributed by atoms with E-state index in [1.54, 1.807) is 19.4 Å². The van der Waals surface area contributed by atoms with E-state index in [4.69, 9.17) is 4.42 Å². The number of benzene rings is 2. The number of rotatable bonds is 4. The van der Waals surface area contributed by atoms with Crippen LogP contribution in [-0.4, -0.2) is 41.4 Å². The van der Waals surface area contributed by atoms with Crippen LogP contribution in [0.5, 0.6) is 0 Å². The average molecular weight is 377 g/mol. The van der Waals surface area contributed by atoms with Gasteiger partial charge in [0.2, 0.25) is 5.91 Å². The van der Waals surface area contributed by atoms with Gasteiger partial charge in [0.05, 0.1) is 6.26 Å². The summed E-state index contributed by atoms with van der Waals surface area (Å²) < 4.78 is 5.44. The van der Waals surface area contributed by atoms with Gasteiger partial charge < -0.3 is 19.5 Å². The van der Waals surface area contributed by atoms with Crippen molar-refractivity contribution >= 4 is 28.6 Å². The fraction of sp³-hybridized carbons (Fsp3) is 0.273. The Morgan fingerprint density at radius 3 is 2.82 bits per heavy atom. The molecule has 6 heteroatoms. The summed E-state index contributed by atoms with van der Waals surface area (Å²) in [6, 6.07) is 14.7. The first-order valence-electron chi connectivity index (χ1n) is 9.37. The van der Waals surface area contributed by atoms with E-state index in [2.05, 4.69) is 5.32 Å². The lowest BCUT2D eigenvalue weighted by molar-refractivity contribution is -0.131. The third-order valence-corrected chi connectivity index (χ3v) is 5.29. The van der Waals surface area contributed by atoms with Crippen LogP contribution in [0.3, 0.4) is 0 Å². The van der Waals surface area contributed by atoms with Crippen molar-refractivity contribution in [3.8, 4) is 0 Å². The lowest BCUT2D eigenvalue weighted by Crippen LogP contribution is -2.44. The smallest absolute Gasteiger partial charge is 0.322 e. The molecule has 1 aromatic heterocycles. The highest BCUT2D eigenvalue weighted by molar-refractivity contribution is 5.96. The minimum absolute atomic E-state index is 0.0114. The molecule has 6 nitrogen and oxygen atoms in total. The van der Waals surface area contributed by atoms with Gasteiger partial charge in [0.15, 0.2) is 0 Å². The number of hydrogen-bond acceptors (Lipinski definition) is 3. The number of aryl methyl sites for hydroxylation is 1. The van der Waals surface area contributed by atoms with Gasteiger partial charge in [-0.2, -0.15) is 0 Å². The summed E-state index contributed by atoms with van der Waals surface area (Å²) in [7, 11) is 1.67. The van der Waals surface area contributed by atoms with Crippen molar-refractivity contribution in [2.45, 2.75) is 25.9 Å². The topological polar surface area (TPSA) is 65.8 Å². The zero-order valence-corrected chi connectivity index (χ0v) is 16.0. The van der Waals surface area contributed by atoms with Crippen molar-refractivity contribution in [3.05, 3.63) is 65.9 Å². The summed E-state index contributed by atoms with van der Waals surface area (Å²) in [5, 5.41) is 3.85. The molecular formula is C22H23N3O3. The summed E-state index contributed by atoms with van der Waals surface area (Å²) >= 11 is 0. The van der Waals surface area contributed by atoms with E-state index in [0.717, 1.165) is 22.1 Å². The number of likely N-dealkylation sites (tertiary alicyclic amines) is 1. The second-order valence-electron chi connectivity index (χ2n) is 7.22. The van der Waals surface area contributed by atoms with Crippen molar-refractivity contribution in [2.75, 3.05) is 18.9 Å². The molecule has 2 heterocycles. The number of hydrogen-bond donors (Lipinski definition) is 1. The first-order valence-corrected chi connectivity index (χ1v) is 9.37. The fourth-order valence-corrected chi connectivity index (χ4v) is 3.63. The first kappa shape index (κ1) is 18.1. The Kier molecular flexibility index (Phi) is 4.77. The molecule has 1 aliphatic rings. The van der Waals surface area contributed by atoms with Gasteiger partial charge in [-0.15, -0.1) is 0 Å². The van der Waals surface area contributed by atoms with Gasteiger partial charge >= 0.3 is 6.03 Å². The number of nitrogens with zero attached hydrogens (tertiary/aromatic N) is 2. The summed E-state index contributed by atoms with van der Waals surface area (Å²) in [6.07, 6.45) is 2.33. The lowest BCUT2D eigenvalue weighted by Gasteiger charge is -2.24. The molecule has 1 atom stereocenters. The Labute approximate surface area is 163 Å². The quantitative estimate of drug-likeness (QED) is 0.747. The number of likely N-dealkylation sites (N-methyl/N-ethyl adjacent to an activating group) is 1. The van der Waals surface area contributed by atoms with Crippen LogP contribution in [0.15, 0.2) is 59.2 Å². The maximum absolute atomic E-state index is 12.8. The molecular weight excluding hydrogens is 354 g/mol. The summed E-state index contributed by atoms with van der Waals surface area (Å²) in [4.78, 5) is 28.8. The van der Waals surface area contributed by atoms with Crippen LogP contribution in [0.25, 0.3) is 11.0 Å². The van der Waals surface area contributed by atoms with Gasteiger partial charge in [-0.25, -0.2) is 4.79 Å². The number of anilines is 1. The molecule has 0 aliphatic carbocycles. The van der Waals surface area contributed by atoms with Gasteiger partial charge in [0, 0.05) is 31.2 Å². The minimum Gasteiger partial charge on any atom is -0.464 e. The second kappa shape index (κ2) is 7.38. The highest BCUT2D eigenvalue weighted by Crippen LogP contribution is 2.25. The van der Waals surface area contributed by atoms with Crippen molar-refractivity contribution in [3.63, 3.8) is 0 Å². The third-order valence-electron chi connectivity index (χ3n) is 5.29. The molecule has 0 bridgehead atoms. The van der Waals surface area contributed by atoms with E-state index < -0.39 is 6.04 Å². The molecule has 144 valence electrons. The third kappa shape index (κ3) is 3.45. The molecule has 1 N–H and O–H groups in total. The van der Waals surface area contributed by atoms with Gasteiger partial charge in [-0.05, 0) is 42.7 Å². The molecule has 0 spiro atoms. The molecule has 28 heavy (non-hydrogen) atoms. The highest BCUT2D eigenvalue weighted by Gasteiger charge is 2.36. The molecule has 4 rings (SSSR count). The van der Waals surface area contributed by atoms with Crippen LogP contribution in [0.2, 0.25) is 0 Å². The molecule has 3 aromatic rings. The Bertz CT molecular complexity index is 1010. The number of carbonyl (C=O) groups is 2. The van der Waals surface area contributed by atoms with Crippen LogP contribution >= 0.6 is 0 Å². The van der Waals surface area contributed by atoms with E-state index in [0.29, 0.717) is 25.2 Å². The molecule has 1 aliphatic heterocycles. The van der Waals surface area contributed by atoms with E-state index in [1.807, 2.05) is 54.3 Å². The number of nitrogens with one attached hydrogen (secondary N) is 1. The minimum atomic E-state index is -0.442. The first-order chi connectivity index (χ1) is 13.5. The Hall–Kier alpha value is -3.28. The normalized spacial score (nSPS) is 16.6. The standard InChI is InChI=1S/C22H23N3O3/c1-15-14-28-20-9-8-17(12-18(15)20)23-22(27)24(2)19-10-11-25(21(19)26)13-16-6-4-3-5-7-16/h3-9,12,14,19H,10-11,13H2,1-2H3,(H,23,27)/t19-/m0/s1. The molecule has 0 unspecified atom stereocenters. The van der Waals surface area contributed by atoms with Crippen LogP contribution in [0, 0.1) is 6.92 Å². The molecule has 0 saturated carbocycles. The predicted octanol–water partition coefficient (Wildman–Crippen LogP) is 4.01. The number of urea groups is 1. The fourth-order valence-electron chi connectivity index (χ4n) is 3.63. The SMILES string of the molecule is Cc1coc2ccc(NC(=O)N(C)[C@H]3CCN(Cc4ccccc4)C3=O)cc12. The maximum atomic E-state index is 12.8. The number of carbonyl (C=O) groups excluding carboxylic acids is 2. The predicted molar refractivity (Wildman–Crippen MR) is 108 cm³/mol. The Morgan fingerprint density at radius 1 is 1.25 bits per heavy atom. The Balaban J connectivity index is 1.41. The summed E-state index contributed by atoms with van der Waals surface area (Å²) in [5.74, 6) is -0.0114. The van der Waals surface area contributed by atoms with Crippen molar-refractivity contribution in [2.24, 2.45) is 0 Å². The largest absolute Gasteiger partial charge is 0.464 e. The Morgan fingerprint density at radius 2 is 2.04 bits per heavy atom. The van der Waals surface area contributed by atoms with Gasteiger partial charge in [-0.1, -0.05) is 30.3 Å². The lowest BCUT2D eigenvalue weighted by atomic mass is 10.2. The van der Waals surface area contributed by atoms with Gasteiger partial charge in [0.1, 0.15) is 11.6 Å². The van der Waals surface area contributed by atoms with Crippen molar-refractivity contribution < 1.29 is 14.0 Å². The van der Waals surface area contributed by atoms with Gasteiger partial charge in [-0.3, -0.25) is 4.79 Å². The second-order valence-corrected chi connectivity index (χ2v) is 7.22. The molecule has 1 fully saturated rings. The molecule has 3 amide bonds. The highest BCUT2D eigenvalue weighted by atomic mass is 16.3. The van der Waals surface area contributed by atoms with Crippen molar-refractivity contribution in [1.29, 1.82) is 0 Å². The molecule has 2 aromatic carbocycles. The van der Waals surface area contributed by atoms with E-state index in [-0.39, 0.29) is 11.9 Å².